The Morgan fingerprint density at radius 1 is 1.34 bits per heavy atom. The Balaban J connectivity index is 1.50. The number of hydrogen-bond acceptors (Lipinski definition) is 7. The van der Waals surface area contributed by atoms with Crippen LogP contribution in [0.25, 0.3) is 21.8 Å². The number of methoxy groups -OCH3 is 1. The number of nitrogens with two attached hydrogens (primary N) is 1. The van der Waals surface area contributed by atoms with E-state index in [1.165, 1.54) is 11.3 Å². The second-order valence-corrected chi connectivity index (χ2v) is 9.22. The molecule has 0 spiro atoms. The van der Waals surface area contributed by atoms with Crippen LogP contribution in [0.1, 0.15) is 24.1 Å². The van der Waals surface area contributed by atoms with Gasteiger partial charge in [0.25, 0.3) is 0 Å². The van der Waals surface area contributed by atoms with Crippen molar-refractivity contribution in [3.63, 3.8) is 0 Å². The SMILES string of the molecule is COC[C@H]1CCCN1CCC(=O)Nc1cc(-c2nc(-c3ccccc3)c(C(N)=NC=N)s2)ccn1. The molecule has 2 aromatic heterocycles. The van der Waals surface area contributed by atoms with Gasteiger partial charge in [-0.1, -0.05) is 30.3 Å². The number of aromatic nitrogens is 2. The van der Waals surface area contributed by atoms with E-state index in [0.29, 0.717) is 42.0 Å². The minimum Gasteiger partial charge on any atom is -0.383 e. The Bertz CT molecular complexity index is 1200. The van der Waals surface area contributed by atoms with Crippen molar-refractivity contribution in [3.8, 4) is 21.8 Å². The molecule has 0 unspecified atom stereocenters. The number of benzene rings is 1. The van der Waals surface area contributed by atoms with Gasteiger partial charge in [0.2, 0.25) is 5.91 Å². The number of amidine groups is 1. The number of likely N-dealkylation sites (tertiary alicyclic amines) is 1. The first kappa shape index (κ1) is 24.6. The van der Waals surface area contributed by atoms with Crippen LogP contribution in [-0.2, 0) is 9.53 Å². The Morgan fingerprint density at radius 3 is 2.94 bits per heavy atom. The van der Waals surface area contributed by atoms with Gasteiger partial charge in [0.15, 0.2) is 0 Å². The number of aliphatic imine (C=N–C) groups is 1. The van der Waals surface area contributed by atoms with E-state index in [-0.39, 0.29) is 11.7 Å². The quantitative estimate of drug-likeness (QED) is 0.293. The van der Waals surface area contributed by atoms with Crippen molar-refractivity contribution in [2.75, 3.05) is 32.1 Å². The maximum Gasteiger partial charge on any atom is 0.226 e. The first-order chi connectivity index (χ1) is 17.1. The van der Waals surface area contributed by atoms with Crippen molar-refractivity contribution in [2.24, 2.45) is 10.7 Å². The Hall–Kier alpha value is -3.47. The molecule has 0 aliphatic carbocycles. The van der Waals surface area contributed by atoms with Crippen molar-refractivity contribution in [2.45, 2.75) is 25.3 Å². The number of nitrogens with one attached hydrogen (secondary N) is 2. The average Bonchev–Trinajstić information content (AvgIpc) is 3.51. The molecule has 1 saturated heterocycles. The number of hydrogen-bond donors (Lipinski definition) is 3. The van der Waals surface area contributed by atoms with Gasteiger partial charge in [0, 0.05) is 43.4 Å². The smallest absolute Gasteiger partial charge is 0.226 e. The average molecular weight is 492 g/mol. The third kappa shape index (κ3) is 6.16. The molecule has 1 aromatic carbocycles. The molecule has 1 amide bonds. The number of nitrogens with zero attached hydrogens (tertiary/aromatic N) is 4. The summed E-state index contributed by atoms with van der Waals surface area (Å²) in [4.78, 5) is 28.7. The normalized spacial score (nSPS) is 16.4. The van der Waals surface area contributed by atoms with Crippen LogP contribution in [0, 0.1) is 5.41 Å². The fourth-order valence-corrected chi connectivity index (χ4v) is 5.18. The van der Waals surface area contributed by atoms with Crippen LogP contribution in [0.15, 0.2) is 53.7 Å². The summed E-state index contributed by atoms with van der Waals surface area (Å²) in [6, 6.07) is 13.7. The van der Waals surface area contributed by atoms with E-state index in [2.05, 4.69) is 20.2 Å². The molecule has 4 rings (SSSR count). The van der Waals surface area contributed by atoms with Crippen LogP contribution in [0.3, 0.4) is 0 Å². The molecule has 1 aliphatic rings. The monoisotopic (exact) mass is 491 g/mol. The summed E-state index contributed by atoms with van der Waals surface area (Å²) in [5.74, 6) is 0.630. The summed E-state index contributed by atoms with van der Waals surface area (Å²) < 4.78 is 5.30. The van der Waals surface area contributed by atoms with E-state index in [0.717, 1.165) is 41.9 Å². The van der Waals surface area contributed by atoms with Crippen molar-refractivity contribution in [1.29, 1.82) is 5.41 Å². The highest BCUT2D eigenvalue weighted by Gasteiger charge is 2.24. The van der Waals surface area contributed by atoms with Gasteiger partial charge >= 0.3 is 0 Å². The third-order valence-corrected chi connectivity index (χ3v) is 7.00. The molecule has 10 heteroatoms. The van der Waals surface area contributed by atoms with Crippen LogP contribution in [0.4, 0.5) is 5.82 Å². The van der Waals surface area contributed by atoms with E-state index in [1.807, 2.05) is 42.5 Å². The molecule has 1 aliphatic heterocycles. The molecule has 0 saturated carbocycles. The zero-order valence-corrected chi connectivity index (χ0v) is 20.4. The number of rotatable bonds is 10. The first-order valence-corrected chi connectivity index (χ1v) is 12.3. The predicted molar refractivity (Wildman–Crippen MR) is 140 cm³/mol. The number of ether oxygens (including phenoxy) is 1. The van der Waals surface area contributed by atoms with E-state index >= 15 is 0 Å². The second-order valence-electron chi connectivity index (χ2n) is 8.22. The molecule has 0 radical (unpaired) electrons. The van der Waals surface area contributed by atoms with E-state index < -0.39 is 0 Å². The molecule has 4 N–H and O–H groups in total. The number of carbonyl (C=O) groups is 1. The Labute approximate surface area is 208 Å². The number of anilines is 1. The standard InChI is InChI=1S/C25H29N7O2S/c1-34-15-19-8-5-12-32(19)13-10-21(33)30-20-14-18(9-11-28-20)25-31-22(17-6-3-2-4-7-17)23(35-25)24(27)29-16-26/h2-4,6-7,9,11,14,16,19H,5,8,10,12-13,15H2,1H3,(H3,26,27,29)(H,28,30,33)/t19-/m1/s1. The maximum atomic E-state index is 12.6. The zero-order valence-electron chi connectivity index (χ0n) is 19.6. The van der Waals surface area contributed by atoms with Crippen LogP contribution in [-0.4, -0.2) is 65.8 Å². The molecule has 1 atom stereocenters. The van der Waals surface area contributed by atoms with Crippen LogP contribution >= 0.6 is 11.3 Å². The number of pyridine rings is 1. The van der Waals surface area contributed by atoms with Gasteiger partial charge in [0.05, 0.1) is 17.2 Å². The van der Waals surface area contributed by atoms with Crippen molar-refractivity contribution in [1.82, 2.24) is 14.9 Å². The largest absolute Gasteiger partial charge is 0.383 e. The van der Waals surface area contributed by atoms with Gasteiger partial charge in [-0.3, -0.25) is 15.1 Å². The van der Waals surface area contributed by atoms with Gasteiger partial charge in [-0.15, -0.1) is 11.3 Å². The molecule has 0 bridgehead atoms. The lowest BCUT2D eigenvalue weighted by molar-refractivity contribution is -0.116. The van der Waals surface area contributed by atoms with Gasteiger partial charge < -0.3 is 15.8 Å². The predicted octanol–water partition coefficient (Wildman–Crippen LogP) is 3.62. The topological polar surface area (TPSA) is 130 Å². The highest BCUT2D eigenvalue weighted by atomic mass is 32.1. The number of carbonyl (C=O) groups excluding carboxylic acids is 1. The Kier molecular flexibility index (Phi) is 8.30. The van der Waals surface area contributed by atoms with Gasteiger partial charge in [-0.05, 0) is 31.5 Å². The summed E-state index contributed by atoms with van der Waals surface area (Å²) in [6.45, 7) is 2.39. The zero-order chi connectivity index (χ0) is 24.6. The van der Waals surface area contributed by atoms with Crippen molar-refractivity contribution < 1.29 is 9.53 Å². The lowest BCUT2D eigenvalue weighted by atomic mass is 10.1. The van der Waals surface area contributed by atoms with Crippen LogP contribution in [0.5, 0.6) is 0 Å². The number of thiazole rings is 1. The van der Waals surface area contributed by atoms with E-state index in [9.17, 15) is 4.79 Å². The highest BCUT2D eigenvalue weighted by molar-refractivity contribution is 7.17. The summed E-state index contributed by atoms with van der Waals surface area (Å²) in [7, 11) is 1.71. The summed E-state index contributed by atoms with van der Waals surface area (Å²) in [5, 5.41) is 10.9. The molecule has 9 nitrogen and oxygen atoms in total. The molecule has 35 heavy (non-hydrogen) atoms. The maximum absolute atomic E-state index is 12.6. The molecule has 182 valence electrons. The van der Waals surface area contributed by atoms with Crippen LogP contribution < -0.4 is 11.1 Å². The molecule has 1 fully saturated rings. The van der Waals surface area contributed by atoms with Crippen LogP contribution in [0.2, 0.25) is 0 Å². The fourth-order valence-electron chi connectivity index (χ4n) is 4.19. The summed E-state index contributed by atoms with van der Waals surface area (Å²) in [6.07, 6.45) is 5.20. The van der Waals surface area contributed by atoms with Gasteiger partial charge in [0.1, 0.15) is 23.0 Å². The molecule has 3 heterocycles. The third-order valence-electron chi connectivity index (χ3n) is 5.87. The Morgan fingerprint density at radius 2 is 2.17 bits per heavy atom. The van der Waals surface area contributed by atoms with Crippen molar-refractivity contribution >= 4 is 35.2 Å². The lowest BCUT2D eigenvalue weighted by Gasteiger charge is -2.23. The molecular weight excluding hydrogens is 462 g/mol. The van der Waals surface area contributed by atoms with E-state index in [4.69, 9.17) is 20.9 Å². The van der Waals surface area contributed by atoms with Gasteiger partial charge in [-0.2, -0.15) is 0 Å². The minimum atomic E-state index is -0.0788. The number of amides is 1. The minimum absolute atomic E-state index is 0.0788. The molecular formula is C25H29N7O2S. The summed E-state index contributed by atoms with van der Waals surface area (Å²) >= 11 is 1.39. The highest BCUT2D eigenvalue weighted by Crippen LogP contribution is 2.34. The molecule has 3 aromatic rings. The first-order valence-electron chi connectivity index (χ1n) is 11.5. The van der Waals surface area contributed by atoms with Gasteiger partial charge in [-0.25, -0.2) is 15.0 Å². The fraction of sp³-hybridized carbons (Fsp3) is 0.320. The second kappa shape index (κ2) is 11.8. The lowest BCUT2D eigenvalue weighted by Crippen LogP contribution is -2.35. The van der Waals surface area contributed by atoms with E-state index in [1.54, 1.807) is 13.3 Å². The summed E-state index contributed by atoms with van der Waals surface area (Å²) in [5.41, 5.74) is 8.55. The van der Waals surface area contributed by atoms with Crippen molar-refractivity contribution in [3.05, 3.63) is 53.5 Å².